The maximum absolute atomic E-state index is 5.91. The highest BCUT2D eigenvalue weighted by Crippen LogP contribution is 2.41. The van der Waals surface area contributed by atoms with Gasteiger partial charge in [-0.2, -0.15) is 0 Å². The van der Waals surface area contributed by atoms with Crippen molar-refractivity contribution in [2.45, 2.75) is 51.4 Å². The van der Waals surface area contributed by atoms with E-state index >= 15 is 0 Å². The first kappa shape index (κ1) is 21.8. The largest absolute Gasteiger partial charge is 0.463 e. The number of rotatable bonds is 15. The van der Waals surface area contributed by atoms with Crippen LogP contribution in [0.2, 0.25) is 0 Å². The third-order valence-electron chi connectivity index (χ3n) is 4.01. The average molecular weight is 405 g/mol. The van der Waals surface area contributed by atoms with Crippen molar-refractivity contribution >= 4 is 26.2 Å². The van der Waals surface area contributed by atoms with Crippen molar-refractivity contribution in [1.29, 1.82) is 0 Å². The van der Waals surface area contributed by atoms with E-state index in [2.05, 4.69) is 0 Å². The van der Waals surface area contributed by atoms with Crippen LogP contribution >= 0.6 is 20.8 Å². The van der Waals surface area contributed by atoms with Gasteiger partial charge in [-0.05, 0) is 48.9 Å². The first-order chi connectivity index (χ1) is 13.4. The molecule has 0 atom stereocenters. The SMILES string of the molecule is S=CCCCCCCCCCOP(Oc1ccccc1)Oc1ccccc1. The average Bonchev–Trinajstić information content (AvgIpc) is 2.71. The number of hydrogen-bond acceptors (Lipinski definition) is 4. The highest BCUT2D eigenvalue weighted by atomic mass is 32.1. The molecule has 2 aromatic rings. The summed E-state index contributed by atoms with van der Waals surface area (Å²) in [6, 6.07) is 19.3. The second kappa shape index (κ2) is 14.6. The van der Waals surface area contributed by atoms with Gasteiger partial charge in [0, 0.05) is 0 Å². The van der Waals surface area contributed by atoms with E-state index in [4.69, 9.17) is 25.8 Å². The summed E-state index contributed by atoms with van der Waals surface area (Å²) in [5.74, 6) is 1.52. The monoisotopic (exact) mass is 404 g/mol. The van der Waals surface area contributed by atoms with Crippen LogP contribution in [0.5, 0.6) is 11.5 Å². The molecule has 0 heterocycles. The molecule has 0 aromatic heterocycles. The van der Waals surface area contributed by atoms with Gasteiger partial charge in [-0.25, -0.2) is 0 Å². The maximum Gasteiger partial charge on any atom is 0.463 e. The van der Waals surface area contributed by atoms with Crippen LogP contribution < -0.4 is 9.05 Å². The quantitative estimate of drug-likeness (QED) is 0.174. The number of hydrogen-bond donors (Lipinski definition) is 0. The predicted molar refractivity (Wildman–Crippen MR) is 118 cm³/mol. The van der Waals surface area contributed by atoms with Crippen LogP contribution in [0.25, 0.3) is 0 Å². The van der Waals surface area contributed by atoms with Gasteiger partial charge < -0.3 is 9.05 Å². The third-order valence-corrected chi connectivity index (χ3v) is 5.36. The highest BCUT2D eigenvalue weighted by molar-refractivity contribution is 7.78. The Morgan fingerprint density at radius 2 is 1.15 bits per heavy atom. The van der Waals surface area contributed by atoms with Crippen LogP contribution in [-0.2, 0) is 4.52 Å². The van der Waals surface area contributed by atoms with Gasteiger partial charge >= 0.3 is 8.60 Å². The first-order valence-electron chi connectivity index (χ1n) is 9.71. The predicted octanol–water partition coefficient (Wildman–Crippen LogP) is 7.51. The molecule has 0 saturated carbocycles. The summed E-state index contributed by atoms with van der Waals surface area (Å²) >= 11 is 4.85. The van der Waals surface area contributed by atoms with Gasteiger partial charge in [-0.1, -0.05) is 80.7 Å². The summed E-state index contributed by atoms with van der Waals surface area (Å²) in [4.78, 5) is 0. The van der Waals surface area contributed by atoms with Crippen molar-refractivity contribution in [3.05, 3.63) is 60.7 Å². The molecular weight excluding hydrogens is 375 g/mol. The van der Waals surface area contributed by atoms with Crippen molar-refractivity contribution in [3.8, 4) is 11.5 Å². The van der Waals surface area contributed by atoms with E-state index in [0.29, 0.717) is 6.61 Å². The minimum Gasteiger partial charge on any atom is -0.418 e. The molecule has 2 aromatic carbocycles. The van der Waals surface area contributed by atoms with Gasteiger partial charge in [-0.15, -0.1) is 0 Å². The fourth-order valence-electron chi connectivity index (χ4n) is 2.56. The Morgan fingerprint density at radius 1 is 0.667 bits per heavy atom. The van der Waals surface area contributed by atoms with Gasteiger partial charge in [0.05, 0.1) is 6.61 Å². The lowest BCUT2D eigenvalue weighted by molar-refractivity contribution is 0.258. The van der Waals surface area contributed by atoms with Crippen molar-refractivity contribution in [2.75, 3.05) is 6.61 Å². The van der Waals surface area contributed by atoms with Crippen LogP contribution in [0, 0.1) is 0 Å². The van der Waals surface area contributed by atoms with Crippen molar-refractivity contribution < 1.29 is 13.6 Å². The summed E-state index contributed by atoms with van der Waals surface area (Å²) in [6.07, 6.45) is 9.60. The molecule has 0 saturated heterocycles. The molecule has 2 rings (SSSR count). The molecule has 0 aliphatic rings. The van der Waals surface area contributed by atoms with E-state index in [1.165, 1.54) is 38.5 Å². The molecule has 0 fully saturated rings. The zero-order chi connectivity index (χ0) is 19.0. The van der Waals surface area contributed by atoms with Gasteiger partial charge in [0.1, 0.15) is 11.5 Å². The Morgan fingerprint density at radius 3 is 1.67 bits per heavy atom. The summed E-state index contributed by atoms with van der Waals surface area (Å²) in [5.41, 5.74) is 0. The van der Waals surface area contributed by atoms with E-state index in [1.54, 1.807) is 0 Å². The molecule has 0 aliphatic carbocycles. The van der Waals surface area contributed by atoms with Crippen molar-refractivity contribution in [2.24, 2.45) is 0 Å². The molecule has 3 nitrogen and oxygen atoms in total. The van der Waals surface area contributed by atoms with E-state index in [-0.39, 0.29) is 0 Å². The Hall–Kier alpha value is -1.48. The first-order valence-corrected chi connectivity index (χ1v) is 11.3. The number of benzene rings is 2. The second-order valence-electron chi connectivity index (χ2n) is 6.30. The smallest absolute Gasteiger partial charge is 0.418 e. The number of unbranched alkanes of at least 4 members (excludes halogenated alkanes) is 7. The summed E-state index contributed by atoms with van der Waals surface area (Å²) < 4.78 is 17.7. The highest BCUT2D eigenvalue weighted by Gasteiger charge is 2.16. The van der Waals surface area contributed by atoms with Crippen LogP contribution in [0.1, 0.15) is 51.4 Å². The van der Waals surface area contributed by atoms with Gasteiger partial charge in [0.2, 0.25) is 0 Å². The van der Waals surface area contributed by atoms with Crippen LogP contribution in [0.3, 0.4) is 0 Å². The lowest BCUT2D eigenvalue weighted by Crippen LogP contribution is -2.01. The molecule has 0 aliphatic heterocycles. The number of para-hydroxylation sites is 2. The van der Waals surface area contributed by atoms with E-state index < -0.39 is 8.60 Å². The van der Waals surface area contributed by atoms with Crippen LogP contribution in [0.4, 0.5) is 0 Å². The lowest BCUT2D eigenvalue weighted by atomic mass is 10.1. The molecule has 5 heteroatoms. The third kappa shape index (κ3) is 10.4. The zero-order valence-corrected chi connectivity index (χ0v) is 17.5. The van der Waals surface area contributed by atoms with E-state index in [9.17, 15) is 0 Å². The summed E-state index contributed by atoms with van der Waals surface area (Å²) in [5, 5.41) is 1.84. The molecule has 0 N–H and O–H groups in total. The minimum absolute atomic E-state index is 0.649. The second-order valence-corrected chi connectivity index (χ2v) is 7.70. The molecular formula is C22H29O3PS. The minimum atomic E-state index is -1.46. The van der Waals surface area contributed by atoms with Crippen LogP contribution in [0.15, 0.2) is 60.7 Å². The Balaban J connectivity index is 1.66. The van der Waals surface area contributed by atoms with E-state index in [1.807, 2.05) is 66.0 Å². The Kier molecular flexibility index (Phi) is 11.8. The summed E-state index contributed by atoms with van der Waals surface area (Å²) in [7, 11) is -1.46. The molecule has 0 unspecified atom stereocenters. The van der Waals surface area contributed by atoms with Gasteiger partial charge in [0.25, 0.3) is 0 Å². The van der Waals surface area contributed by atoms with Gasteiger partial charge in [0.15, 0.2) is 0 Å². The molecule has 0 amide bonds. The zero-order valence-electron chi connectivity index (χ0n) is 15.8. The lowest BCUT2D eigenvalue weighted by Gasteiger charge is -2.17. The summed E-state index contributed by atoms with van der Waals surface area (Å²) in [6.45, 7) is 0.649. The molecule has 146 valence electrons. The standard InChI is InChI=1S/C22H29O3PS/c27-20-14-6-4-2-1-3-5-13-19-23-26(24-21-15-9-7-10-16-21)25-22-17-11-8-12-18-22/h7-12,15-18,20H,1-6,13-14,19H2. The molecule has 0 spiro atoms. The molecule has 0 bridgehead atoms. The normalized spacial score (nSPS) is 10.7. The van der Waals surface area contributed by atoms with Crippen molar-refractivity contribution in [3.63, 3.8) is 0 Å². The topological polar surface area (TPSA) is 27.7 Å². The molecule has 27 heavy (non-hydrogen) atoms. The van der Waals surface area contributed by atoms with E-state index in [0.717, 1.165) is 24.3 Å². The maximum atomic E-state index is 5.91. The van der Waals surface area contributed by atoms with Crippen molar-refractivity contribution in [1.82, 2.24) is 0 Å². The van der Waals surface area contributed by atoms with Gasteiger partial charge in [-0.3, -0.25) is 4.52 Å². The fourth-order valence-corrected chi connectivity index (χ4v) is 3.73. The fraction of sp³-hybridized carbons (Fsp3) is 0.409. The van der Waals surface area contributed by atoms with Crippen LogP contribution in [-0.4, -0.2) is 12.0 Å². The number of thiocarbonyl (C=S) groups is 1. The Bertz CT molecular complexity index is 568. The Labute approximate surface area is 170 Å². The molecule has 0 radical (unpaired) electrons.